The molecule has 1 unspecified atom stereocenters. The molecule has 4 nitrogen and oxygen atoms in total. The third-order valence-corrected chi connectivity index (χ3v) is 3.46. The molecule has 0 aliphatic rings. The number of fused-ring (bicyclic) bond motifs is 1. The number of hydrogen-bond donors (Lipinski definition) is 1. The van der Waals surface area contributed by atoms with E-state index in [4.69, 9.17) is 0 Å². The number of nitrogens with zero attached hydrogens (tertiary/aromatic N) is 3. The number of pyridine rings is 1. The van der Waals surface area contributed by atoms with Crippen LogP contribution < -0.4 is 0 Å². The summed E-state index contributed by atoms with van der Waals surface area (Å²) in [5.74, 6) is 0. The average Bonchev–Trinajstić information content (AvgIpc) is 2.76. The van der Waals surface area contributed by atoms with Crippen molar-refractivity contribution in [3.05, 3.63) is 59.5 Å². The van der Waals surface area contributed by atoms with Gasteiger partial charge in [-0.25, -0.2) is 0 Å². The normalized spacial score (nSPS) is 12.8. The van der Waals surface area contributed by atoms with Crippen LogP contribution in [0.15, 0.2) is 42.5 Å². The number of aliphatic hydroxyl groups excluding tert-OH is 1. The van der Waals surface area contributed by atoms with Crippen LogP contribution in [-0.4, -0.2) is 19.9 Å². The van der Waals surface area contributed by atoms with Gasteiger partial charge in [0.25, 0.3) is 0 Å². The summed E-state index contributed by atoms with van der Waals surface area (Å²) in [6, 6.07) is 13.8. The molecule has 0 aliphatic heterocycles. The van der Waals surface area contributed by atoms with E-state index >= 15 is 0 Å². The smallest absolute Gasteiger partial charge is 0.101 e. The monoisotopic (exact) mass is 267 g/mol. The summed E-state index contributed by atoms with van der Waals surface area (Å²) in [5, 5.41) is 15.7. The molecule has 0 radical (unpaired) electrons. The Hall–Kier alpha value is -2.20. The van der Waals surface area contributed by atoms with Crippen molar-refractivity contribution in [1.29, 1.82) is 0 Å². The lowest BCUT2D eigenvalue weighted by atomic mass is 10.1. The van der Waals surface area contributed by atoms with Gasteiger partial charge in [-0.15, -0.1) is 0 Å². The number of hydrogen-bond acceptors (Lipinski definition) is 3. The second-order valence-corrected chi connectivity index (χ2v) is 5.05. The second kappa shape index (κ2) is 5.06. The van der Waals surface area contributed by atoms with Gasteiger partial charge < -0.3 is 5.11 Å². The Labute approximate surface area is 117 Å². The van der Waals surface area contributed by atoms with Gasteiger partial charge in [0, 0.05) is 24.5 Å². The molecule has 20 heavy (non-hydrogen) atoms. The summed E-state index contributed by atoms with van der Waals surface area (Å²) in [4.78, 5) is 4.53. The molecule has 2 heterocycles. The number of benzene rings is 1. The second-order valence-electron chi connectivity index (χ2n) is 5.05. The molecule has 2 aromatic heterocycles. The summed E-state index contributed by atoms with van der Waals surface area (Å²) in [7, 11) is 1.89. The van der Waals surface area contributed by atoms with Crippen molar-refractivity contribution in [3.63, 3.8) is 0 Å². The maximum absolute atomic E-state index is 10.4. The molecule has 0 fully saturated rings. The fourth-order valence-electron chi connectivity index (χ4n) is 2.43. The Morgan fingerprint density at radius 1 is 1.20 bits per heavy atom. The predicted molar refractivity (Wildman–Crippen MR) is 78.4 cm³/mol. The first-order valence-corrected chi connectivity index (χ1v) is 6.67. The maximum Gasteiger partial charge on any atom is 0.101 e. The van der Waals surface area contributed by atoms with Gasteiger partial charge in [0.15, 0.2) is 0 Å². The first-order valence-electron chi connectivity index (χ1n) is 6.67. The van der Waals surface area contributed by atoms with Gasteiger partial charge in [-0.3, -0.25) is 9.67 Å². The van der Waals surface area contributed by atoms with E-state index < -0.39 is 6.10 Å². The molecule has 4 heteroatoms. The quantitative estimate of drug-likeness (QED) is 0.793. The van der Waals surface area contributed by atoms with E-state index in [1.807, 2.05) is 56.4 Å². The Morgan fingerprint density at radius 3 is 2.75 bits per heavy atom. The number of aliphatic hydroxyl groups is 1. The van der Waals surface area contributed by atoms with Crippen molar-refractivity contribution in [2.75, 3.05) is 0 Å². The topological polar surface area (TPSA) is 50.9 Å². The lowest BCUT2D eigenvalue weighted by Gasteiger charge is -2.11. The largest absolute Gasteiger partial charge is 0.386 e. The Balaban J connectivity index is 1.88. The van der Waals surface area contributed by atoms with Crippen molar-refractivity contribution in [2.24, 2.45) is 7.05 Å². The zero-order chi connectivity index (χ0) is 14.1. The summed E-state index contributed by atoms with van der Waals surface area (Å²) in [6.07, 6.45) is -0.0997. The van der Waals surface area contributed by atoms with Crippen molar-refractivity contribution >= 4 is 10.9 Å². The molecule has 0 amide bonds. The third kappa shape index (κ3) is 2.42. The molecule has 1 N–H and O–H groups in total. The summed E-state index contributed by atoms with van der Waals surface area (Å²) in [6.45, 7) is 1.95. The lowest BCUT2D eigenvalue weighted by molar-refractivity contribution is 0.171. The highest BCUT2D eigenvalue weighted by molar-refractivity contribution is 5.78. The minimum atomic E-state index is -0.616. The van der Waals surface area contributed by atoms with E-state index in [1.165, 1.54) is 0 Å². The minimum Gasteiger partial charge on any atom is -0.386 e. The molecule has 0 spiro atoms. The molecule has 3 aromatic rings. The maximum atomic E-state index is 10.4. The zero-order valence-corrected chi connectivity index (χ0v) is 11.6. The molecular weight excluding hydrogens is 250 g/mol. The van der Waals surface area contributed by atoms with Gasteiger partial charge in [0.2, 0.25) is 0 Å². The fraction of sp³-hybridized carbons (Fsp3) is 0.250. The van der Waals surface area contributed by atoms with E-state index in [0.717, 1.165) is 22.3 Å². The van der Waals surface area contributed by atoms with Gasteiger partial charge in [0.1, 0.15) is 6.10 Å². The van der Waals surface area contributed by atoms with Gasteiger partial charge in [-0.05, 0) is 25.1 Å². The van der Waals surface area contributed by atoms with E-state index in [2.05, 4.69) is 10.1 Å². The van der Waals surface area contributed by atoms with Crippen LogP contribution in [0.4, 0.5) is 0 Å². The van der Waals surface area contributed by atoms with Gasteiger partial charge in [-0.1, -0.05) is 24.3 Å². The molecule has 102 valence electrons. The first kappa shape index (κ1) is 12.8. The third-order valence-electron chi connectivity index (χ3n) is 3.46. The highest BCUT2D eigenvalue weighted by atomic mass is 16.3. The number of aromatic nitrogens is 3. The van der Waals surface area contributed by atoms with Gasteiger partial charge in [0.05, 0.1) is 16.9 Å². The predicted octanol–water partition coefficient (Wildman–Crippen LogP) is 2.55. The van der Waals surface area contributed by atoms with Crippen LogP contribution in [0.3, 0.4) is 0 Å². The fourth-order valence-corrected chi connectivity index (χ4v) is 2.43. The van der Waals surface area contributed by atoms with Crippen LogP contribution >= 0.6 is 0 Å². The lowest BCUT2D eigenvalue weighted by Crippen LogP contribution is -2.08. The van der Waals surface area contributed by atoms with E-state index in [-0.39, 0.29) is 0 Å². The van der Waals surface area contributed by atoms with Crippen molar-refractivity contribution in [1.82, 2.24) is 14.8 Å². The number of para-hydroxylation sites is 1. The Bertz CT molecular complexity index is 748. The zero-order valence-electron chi connectivity index (χ0n) is 11.6. The van der Waals surface area contributed by atoms with Crippen LogP contribution in [0.2, 0.25) is 0 Å². The number of aryl methyl sites for hydroxylation is 2. The highest BCUT2D eigenvalue weighted by Gasteiger charge is 2.13. The SMILES string of the molecule is Cc1cc(CC(O)c2ccc3ccccc3n2)n(C)n1. The van der Waals surface area contributed by atoms with Crippen molar-refractivity contribution in [3.8, 4) is 0 Å². The molecular formula is C16H17N3O. The van der Waals surface area contributed by atoms with Crippen LogP contribution in [-0.2, 0) is 13.5 Å². The van der Waals surface area contributed by atoms with Crippen LogP contribution in [0.25, 0.3) is 10.9 Å². The molecule has 3 rings (SSSR count). The van der Waals surface area contributed by atoms with Gasteiger partial charge >= 0.3 is 0 Å². The number of rotatable bonds is 3. The summed E-state index contributed by atoms with van der Waals surface area (Å²) < 4.78 is 1.81. The Kier molecular flexibility index (Phi) is 3.24. The molecule has 0 bridgehead atoms. The van der Waals surface area contributed by atoms with Crippen LogP contribution in [0.1, 0.15) is 23.2 Å². The average molecular weight is 267 g/mol. The van der Waals surface area contributed by atoms with Crippen molar-refractivity contribution < 1.29 is 5.11 Å². The molecule has 0 saturated heterocycles. The Morgan fingerprint density at radius 2 is 2.00 bits per heavy atom. The van der Waals surface area contributed by atoms with Gasteiger partial charge in [-0.2, -0.15) is 5.10 Å². The minimum absolute atomic E-state index is 0.517. The molecule has 0 saturated carbocycles. The first-order chi connectivity index (χ1) is 9.63. The highest BCUT2D eigenvalue weighted by Crippen LogP contribution is 2.20. The summed E-state index contributed by atoms with van der Waals surface area (Å²) >= 11 is 0. The standard InChI is InChI=1S/C16H17N3O/c1-11-9-13(19(2)18-11)10-16(20)15-8-7-12-5-3-4-6-14(12)17-15/h3-9,16,20H,10H2,1-2H3. The molecule has 1 atom stereocenters. The van der Waals surface area contributed by atoms with E-state index in [9.17, 15) is 5.11 Å². The summed E-state index contributed by atoms with van der Waals surface area (Å²) in [5.41, 5.74) is 3.57. The molecule has 1 aromatic carbocycles. The van der Waals surface area contributed by atoms with Crippen LogP contribution in [0.5, 0.6) is 0 Å². The van der Waals surface area contributed by atoms with Crippen LogP contribution in [0, 0.1) is 6.92 Å². The molecule has 0 aliphatic carbocycles. The van der Waals surface area contributed by atoms with E-state index in [0.29, 0.717) is 12.1 Å². The van der Waals surface area contributed by atoms with E-state index in [1.54, 1.807) is 4.68 Å². The van der Waals surface area contributed by atoms with Crippen molar-refractivity contribution in [2.45, 2.75) is 19.4 Å².